The van der Waals surface area contributed by atoms with Crippen molar-refractivity contribution in [3.8, 4) is 17.2 Å². The number of benzene rings is 3. The van der Waals surface area contributed by atoms with Crippen molar-refractivity contribution >= 4 is 18.2 Å². The van der Waals surface area contributed by atoms with Crippen molar-refractivity contribution in [2.45, 2.75) is 58.5 Å². The predicted molar refractivity (Wildman–Crippen MR) is 164 cm³/mol. The van der Waals surface area contributed by atoms with Crippen molar-refractivity contribution in [3.63, 3.8) is 0 Å². The summed E-state index contributed by atoms with van der Waals surface area (Å²) < 4.78 is 17.4. The van der Waals surface area contributed by atoms with Gasteiger partial charge in [-0.25, -0.2) is 0 Å². The molecule has 2 N–H and O–H groups in total. The zero-order valence-corrected chi connectivity index (χ0v) is 25.0. The van der Waals surface area contributed by atoms with Crippen LogP contribution in [-0.4, -0.2) is 43.3 Å². The SMILES string of the molecule is CCc1cccc(CC)c1CN1CC(c2ccc3c(c2C)OCO3)CC1c1ccc(OCCSC)cc1.NC=O. The Morgan fingerprint density at radius 1 is 1.05 bits per heavy atom. The van der Waals surface area contributed by atoms with E-state index in [0.717, 1.165) is 62.0 Å². The lowest BCUT2D eigenvalue weighted by Crippen LogP contribution is -2.25. The fourth-order valence-corrected chi connectivity index (χ4v) is 6.26. The standard InChI is InChI=1S/C32H39NO3S.CH3NO/c1-5-23-8-7-9-24(6-2)29(23)20-33-19-26(28-14-15-31-32(22(28)3)36-21-35-31)18-30(33)25-10-12-27(13-11-25)34-16-17-37-4;2-1-3/h7-15,26,30H,5-6,16-21H2,1-4H3;1H,(H2,2,3). The van der Waals surface area contributed by atoms with Crippen LogP contribution in [0.3, 0.4) is 0 Å². The monoisotopic (exact) mass is 562 g/mol. The third-order valence-electron chi connectivity index (χ3n) is 7.99. The second-order valence-corrected chi connectivity index (χ2v) is 11.2. The first kappa shape index (κ1) is 29.8. The lowest BCUT2D eigenvalue weighted by molar-refractivity contribution is -0.106. The second kappa shape index (κ2) is 14.5. The number of aryl methyl sites for hydroxylation is 2. The van der Waals surface area contributed by atoms with E-state index in [-0.39, 0.29) is 6.41 Å². The van der Waals surface area contributed by atoms with E-state index in [2.05, 4.69) is 92.3 Å². The van der Waals surface area contributed by atoms with Crippen LogP contribution in [0.5, 0.6) is 17.2 Å². The topological polar surface area (TPSA) is 74.0 Å². The smallest absolute Gasteiger partial charge is 0.231 e. The van der Waals surface area contributed by atoms with Crippen LogP contribution in [0.15, 0.2) is 54.6 Å². The average Bonchev–Trinajstić information content (AvgIpc) is 3.62. The quantitative estimate of drug-likeness (QED) is 0.227. The Morgan fingerprint density at radius 2 is 1.75 bits per heavy atom. The molecule has 0 saturated carbocycles. The molecule has 0 aromatic heterocycles. The summed E-state index contributed by atoms with van der Waals surface area (Å²) in [5.74, 6) is 4.19. The molecule has 0 bridgehead atoms. The zero-order chi connectivity index (χ0) is 28.5. The first-order chi connectivity index (χ1) is 19.5. The first-order valence-corrected chi connectivity index (χ1v) is 15.5. The highest BCUT2D eigenvalue weighted by Gasteiger charge is 2.36. The molecule has 3 aromatic rings. The molecule has 214 valence electrons. The Labute approximate surface area is 243 Å². The Kier molecular flexibility index (Phi) is 10.8. The highest BCUT2D eigenvalue weighted by atomic mass is 32.2. The molecule has 6 nitrogen and oxygen atoms in total. The van der Waals surface area contributed by atoms with Crippen LogP contribution in [0, 0.1) is 6.92 Å². The van der Waals surface area contributed by atoms with Gasteiger partial charge in [-0.15, -0.1) is 0 Å². The number of hydrogen-bond acceptors (Lipinski definition) is 6. The number of nitrogens with zero attached hydrogens (tertiary/aromatic N) is 1. The molecule has 2 aliphatic heterocycles. The average molecular weight is 563 g/mol. The molecule has 2 atom stereocenters. The highest BCUT2D eigenvalue weighted by Crippen LogP contribution is 2.46. The van der Waals surface area contributed by atoms with Crippen LogP contribution < -0.4 is 19.9 Å². The summed E-state index contributed by atoms with van der Waals surface area (Å²) in [5, 5.41) is 0. The van der Waals surface area contributed by atoms with Crippen LogP contribution in [-0.2, 0) is 24.2 Å². The van der Waals surface area contributed by atoms with Gasteiger partial charge in [0, 0.05) is 24.9 Å². The van der Waals surface area contributed by atoms with Gasteiger partial charge in [0.05, 0.1) is 6.61 Å². The van der Waals surface area contributed by atoms with E-state index in [1.54, 1.807) is 0 Å². The van der Waals surface area contributed by atoms with Gasteiger partial charge in [0.25, 0.3) is 0 Å². The lowest BCUT2D eigenvalue weighted by atomic mass is 9.90. The molecule has 1 amide bonds. The van der Waals surface area contributed by atoms with Crippen molar-refractivity contribution in [2.24, 2.45) is 5.73 Å². The number of ether oxygens (including phenoxy) is 3. The van der Waals surface area contributed by atoms with Crippen LogP contribution >= 0.6 is 11.8 Å². The zero-order valence-electron chi connectivity index (χ0n) is 24.2. The third kappa shape index (κ3) is 6.76. The van der Waals surface area contributed by atoms with Crippen molar-refractivity contribution in [2.75, 3.05) is 32.0 Å². The van der Waals surface area contributed by atoms with E-state index >= 15 is 0 Å². The number of hydrogen-bond donors (Lipinski definition) is 1. The lowest BCUT2D eigenvalue weighted by Gasteiger charge is -2.27. The second-order valence-electron chi connectivity index (χ2n) is 10.2. The molecular formula is C33H42N2O4S. The summed E-state index contributed by atoms with van der Waals surface area (Å²) >= 11 is 1.81. The van der Waals surface area contributed by atoms with Crippen LogP contribution in [0.1, 0.15) is 65.6 Å². The number of nitrogens with two attached hydrogens (primary N) is 1. The molecule has 2 unspecified atom stereocenters. The Hall–Kier alpha value is -3.16. The molecule has 1 fully saturated rings. The van der Waals surface area contributed by atoms with Crippen molar-refractivity contribution in [1.82, 2.24) is 4.90 Å². The molecule has 5 rings (SSSR count). The van der Waals surface area contributed by atoms with E-state index in [4.69, 9.17) is 19.0 Å². The Bertz CT molecular complexity index is 1240. The van der Waals surface area contributed by atoms with Gasteiger partial charge in [0.1, 0.15) is 5.75 Å². The number of carbonyl (C=O) groups is 1. The normalized spacial score (nSPS) is 17.8. The number of fused-ring (bicyclic) bond motifs is 1. The summed E-state index contributed by atoms with van der Waals surface area (Å²) in [6.45, 7) is 9.79. The summed E-state index contributed by atoms with van der Waals surface area (Å²) in [6.07, 6.45) is 5.58. The van der Waals surface area contributed by atoms with Gasteiger partial charge in [-0.3, -0.25) is 9.69 Å². The maximum Gasteiger partial charge on any atom is 0.231 e. The van der Waals surface area contributed by atoms with Gasteiger partial charge in [0.15, 0.2) is 11.5 Å². The summed E-state index contributed by atoms with van der Waals surface area (Å²) in [6, 6.07) is 20.4. The molecule has 3 aromatic carbocycles. The number of amides is 1. The molecule has 0 radical (unpaired) electrons. The predicted octanol–water partition coefficient (Wildman–Crippen LogP) is 6.42. The molecule has 1 saturated heterocycles. The molecule has 40 heavy (non-hydrogen) atoms. The van der Waals surface area contributed by atoms with Crippen LogP contribution in [0.25, 0.3) is 0 Å². The number of primary amides is 1. The van der Waals surface area contributed by atoms with E-state index < -0.39 is 0 Å². The molecule has 2 heterocycles. The Balaban J connectivity index is 0.00000118. The molecular weight excluding hydrogens is 520 g/mol. The van der Waals surface area contributed by atoms with Gasteiger partial charge in [-0.1, -0.05) is 50.2 Å². The highest BCUT2D eigenvalue weighted by molar-refractivity contribution is 7.98. The van der Waals surface area contributed by atoms with Gasteiger partial charge in [-0.05, 0) is 89.9 Å². The van der Waals surface area contributed by atoms with Crippen LogP contribution in [0.4, 0.5) is 0 Å². The van der Waals surface area contributed by atoms with Crippen molar-refractivity contribution < 1.29 is 19.0 Å². The fourth-order valence-electron chi connectivity index (χ4n) is 6.01. The maximum atomic E-state index is 8.58. The van der Waals surface area contributed by atoms with Gasteiger partial charge >= 0.3 is 0 Å². The van der Waals surface area contributed by atoms with Crippen molar-refractivity contribution in [3.05, 3.63) is 88.0 Å². The fraction of sp³-hybridized carbons (Fsp3) is 0.424. The van der Waals surface area contributed by atoms with Gasteiger partial charge in [-0.2, -0.15) is 11.8 Å². The van der Waals surface area contributed by atoms with Gasteiger partial charge in [0.2, 0.25) is 13.2 Å². The maximum absolute atomic E-state index is 8.58. The Morgan fingerprint density at radius 3 is 2.40 bits per heavy atom. The molecule has 0 aliphatic carbocycles. The summed E-state index contributed by atoms with van der Waals surface area (Å²) in [5.41, 5.74) is 12.6. The van der Waals surface area contributed by atoms with Crippen molar-refractivity contribution in [1.29, 1.82) is 0 Å². The van der Waals surface area contributed by atoms with E-state index in [9.17, 15) is 0 Å². The minimum absolute atomic E-state index is 0.250. The molecule has 2 aliphatic rings. The number of carbonyl (C=O) groups excluding carboxylic acids is 1. The van der Waals surface area contributed by atoms with E-state index in [1.165, 1.54) is 33.4 Å². The minimum Gasteiger partial charge on any atom is -0.493 e. The minimum atomic E-state index is 0.250. The summed E-state index contributed by atoms with van der Waals surface area (Å²) in [4.78, 5) is 11.3. The number of likely N-dealkylation sites (tertiary alicyclic amines) is 1. The number of rotatable bonds is 10. The van der Waals surface area contributed by atoms with E-state index in [1.807, 2.05) is 11.8 Å². The molecule has 7 heteroatoms. The first-order valence-electron chi connectivity index (χ1n) is 14.1. The third-order valence-corrected chi connectivity index (χ3v) is 8.56. The van der Waals surface area contributed by atoms with E-state index in [0.29, 0.717) is 18.8 Å². The largest absolute Gasteiger partial charge is 0.493 e. The van der Waals surface area contributed by atoms with Crippen LogP contribution in [0.2, 0.25) is 0 Å². The molecule has 0 spiro atoms. The number of thioether (sulfide) groups is 1. The summed E-state index contributed by atoms with van der Waals surface area (Å²) in [7, 11) is 0. The van der Waals surface area contributed by atoms with Gasteiger partial charge < -0.3 is 19.9 Å².